The molecule has 1 saturated heterocycles. The molecule has 1 fully saturated rings. The molecule has 1 aromatic heterocycles. The largest absolute Gasteiger partial charge is 0.351 e. The second kappa shape index (κ2) is 8.84. The van der Waals surface area contributed by atoms with Gasteiger partial charge < -0.3 is 24.6 Å². The molecule has 0 saturated carbocycles. The normalized spacial score (nSPS) is 17.9. The standard InChI is InChI=1S/C19H32N6O2/c1-22(2)9-6-8-20-18(26)16-15-7-4-5-10-25(15)17(21-16)19(27)24-13-11-23(3)12-14-24/h4-14H2,1-3H3,(H,20,26). The minimum Gasteiger partial charge on any atom is -0.351 e. The zero-order chi connectivity index (χ0) is 19.4. The van der Waals surface area contributed by atoms with Crippen LogP contribution < -0.4 is 5.32 Å². The van der Waals surface area contributed by atoms with Crippen LogP contribution in [0.5, 0.6) is 0 Å². The summed E-state index contributed by atoms with van der Waals surface area (Å²) < 4.78 is 1.99. The third-order valence-corrected chi connectivity index (χ3v) is 5.38. The van der Waals surface area contributed by atoms with E-state index in [0.717, 1.165) is 57.6 Å². The monoisotopic (exact) mass is 376 g/mol. The molecular weight excluding hydrogens is 344 g/mol. The van der Waals surface area contributed by atoms with Crippen LogP contribution in [0.3, 0.4) is 0 Å². The second-order valence-corrected chi connectivity index (χ2v) is 7.85. The van der Waals surface area contributed by atoms with Crippen molar-refractivity contribution in [2.24, 2.45) is 0 Å². The SMILES string of the molecule is CN(C)CCCNC(=O)c1nc(C(=O)N2CCN(C)CC2)n2c1CCCC2. The van der Waals surface area contributed by atoms with Crippen molar-refractivity contribution >= 4 is 11.8 Å². The van der Waals surface area contributed by atoms with Gasteiger partial charge in [0.05, 0.1) is 5.69 Å². The van der Waals surface area contributed by atoms with E-state index in [1.165, 1.54) is 0 Å². The molecule has 0 bridgehead atoms. The Hall–Kier alpha value is -1.93. The van der Waals surface area contributed by atoms with E-state index >= 15 is 0 Å². The van der Waals surface area contributed by atoms with E-state index in [4.69, 9.17) is 0 Å². The van der Waals surface area contributed by atoms with E-state index in [-0.39, 0.29) is 11.8 Å². The molecule has 0 spiro atoms. The van der Waals surface area contributed by atoms with Gasteiger partial charge in [-0.25, -0.2) is 4.98 Å². The summed E-state index contributed by atoms with van der Waals surface area (Å²) in [6.07, 6.45) is 3.76. The zero-order valence-corrected chi connectivity index (χ0v) is 16.8. The summed E-state index contributed by atoms with van der Waals surface area (Å²) in [5.74, 6) is 0.238. The number of imidazole rings is 1. The highest BCUT2D eigenvalue weighted by atomic mass is 16.2. The molecule has 3 heterocycles. The van der Waals surface area contributed by atoms with Crippen LogP contribution in [0.25, 0.3) is 0 Å². The fraction of sp³-hybridized carbons (Fsp3) is 0.737. The van der Waals surface area contributed by atoms with Crippen LogP contribution in [-0.2, 0) is 13.0 Å². The van der Waals surface area contributed by atoms with Crippen LogP contribution in [0.15, 0.2) is 0 Å². The van der Waals surface area contributed by atoms with Crippen molar-refractivity contribution in [1.29, 1.82) is 0 Å². The molecule has 8 heteroatoms. The van der Waals surface area contributed by atoms with Gasteiger partial charge in [0.2, 0.25) is 0 Å². The smallest absolute Gasteiger partial charge is 0.289 e. The van der Waals surface area contributed by atoms with Crippen LogP contribution in [0.4, 0.5) is 0 Å². The predicted molar refractivity (Wildman–Crippen MR) is 104 cm³/mol. The molecule has 0 radical (unpaired) electrons. The Morgan fingerprint density at radius 1 is 1.11 bits per heavy atom. The summed E-state index contributed by atoms with van der Waals surface area (Å²) in [6.45, 7) is 5.48. The summed E-state index contributed by atoms with van der Waals surface area (Å²) >= 11 is 0. The Morgan fingerprint density at radius 2 is 1.85 bits per heavy atom. The number of piperazine rings is 1. The summed E-state index contributed by atoms with van der Waals surface area (Å²) in [4.78, 5) is 36.4. The van der Waals surface area contributed by atoms with Crippen LogP contribution >= 0.6 is 0 Å². The maximum absolute atomic E-state index is 13.0. The van der Waals surface area contributed by atoms with Crippen molar-refractivity contribution in [3.05, 3.63) is 17.2 Å². The summed E-state index contributed by atoms with van der Waals surface area (Å²) in [6, 6.07) is 0. The first kappa shape index (κ1) is 19.8. The van der Waals surface area contributed by atoms with Gasteiger partial charge in [-0.15, -0.1) is 0 Å². The van der Waals surface area contributed by atoms with Crippen molar-refractivity contribution < 1.29 is 9.59 Å². The molecule has 2 aliphatic heterocycles. The number of hydrogen-bond acceptors (Lipinski definition) is 5. The minimum atomic E-state index is -0.156. The van der Waals surface area contributed by atoms with Crippen molar-refractivity contribution in [3.8, 4) is 0 Å². The van der Waals surface area contributed by atoms with Gasteiger partial charge in [0.15, 0.2) is 5.82 Å². The molecule has 2 amide bonds. The third kappa shape index (κ3) is 4.68. The predicted octanol–water partition coefficient (Wildman–Crippen LogP) is 0.289. The number of aromatic nitrogens is 2. The molecule has 8 nitrogen and oxygen atoms in total. The first-order chi connectivity index (χ1) is 13.0. The maximum atomic E-state index is 13.0. The molecule has 0 unspecified atom stereocenters. The Bertz CT molecular complexity index is 676. The van der Waals surface area contributed by atoms with Gasteiger partial charge in [-0.2, -0.15) is 0 Å². The Labute approximate surface area is 161 Å². The van der Waals surface area contributed by atoms with Gasteiger partial charge in [-0.3, -0.25) is 9.59 Å². The van der Waals surface area contributed by atoms with Gasteiger partial charge in [0, 0.05) is 39.3 Å². The highest BCUT2D eigenvalue weighted by Crippen LogP contribution is 2.22. The molecule has 2 aliphatic rings. The van der Waals surface area contributed by atoms with E-state index in [0.29, 0.717) is 31.2 Å². The Morgan fingerprint density at radius 3 is 2.56 bits per heavy atom. The number of carbonyl (C=O) groups excluding carboxylic acids is 2. The first-order valence-electron chi connectivity index (χ1n) is 9.97. The van der Waals surface area contributed by atoms with Crippen LogP contribution in [0, 0.1) is 0 Å². The van der Waals surface area contributed by atoms with Crippen molar-refractivity contribution in [2.75, 3.05) is 60.4 Å². The average molecular weight is 377 g/mol. The number of nitrogens with one attached hydrogen (secondary N) is 1. The highest BCUT2D eigenvalue weighted by Gasteiger charge is 2.30. The number of carbonyl (C=O) groups is 2. The lowest BCUT2D eigenvalue weighted by Crippen LogP contribution is -2.47. The topological polar surface area (TPSA) is 73.7 Å². The molecule has 27 heavy (non-hydrogen) atoms. The Balaban J connectivity index is 1.74. The van der Waals surface area contributed by atoms with Crippen LogP contribution in [0.1, 0.15) is 46.1 Å². The second-order valence-electron chi connectivity index (χ2n) is 7.85. The lowest BCUT2D eigenvalue weighted by Gasteiger charge is -2.32. The molecule has 1 aromatic rings. The van der Waals surface area contributed by atoms with Gasteiger partial charge in [0.1, 0.15) is 5.69 Å². The molecule has 0 aromatic carbocycles. The lowest BCUT2D eigenvalue weighted by atomic mass is 10.1. The number of hydrogen-bond donors (Lipinski definition) is 1. The Kier molecular flexibility index (Phi) is 6.49. The molecule has 150 valence electrons. The fourth-order valence-corrected chi connectivity index (χ4v) is 3.72. The van der Waals surface area contributed by atoms with Gasteiger partial charge >= 0.3 is 0 Å². The maximum Gasteiger partial charge on any atom is 0.289 e. The summed E-state index contributed by atoms with van der Waals surface area (Å²) in [5.41, 5.74) is 1.36. The number of fused-ring (bicyclic) bond motifs is 1. The van der Waals surface area contributed by atoms with E-state index in [2.05, 4.69) is 27.1 Å². The van der Waals surface area contributed by atoms with Crippen molar-refractivity contribution in [1.82, 2.24) is 29.6 Å². The van der Waals surface area contributed by atoms with E-state index in [9.17, 15) is 9.59 Å². The van der Waals surface area contributed by atoms with E-state index < -0.39 is 0 Å². The molecular formula is C19H32N6O2. The molecule has 0 aliphatic carbocycles. The lowest BCUT2D eigenvalue weighted by molar-refractivity contribution is 0.0645. The third-order valence-electron chi connectivity index (χ3n) is 5.38. The molecule has 0 atom stereocenters. The molecule has 1 N–H and O–H groups in total. The highest BCUT2D eigenvalue weighted by molar-refractivity contribution is 5.97. The number of amides is 2. The first-order valence-corrected chi connectivity index (χ1v) is 9.97. The van der Waals surface area contributed by atoms with Crippen molar-refractivity contribution in [2.45, 2.75) is 32.2 Å². The van der Waals surface area contributed by atoms with E-state index in [1.54, 1.807) is 0 Å². The van der Waals surface area contributed by atoms with E-state index in [1.807, 2.05) is 23.6 Å². The number of likely N-dealkylation sites (N-methyl/N-ethyl adjacent to an activating group) is 1. The van der Waals surface area contributed by atoms with Gasteiger partial charge in [-0.1, -0.05) is 0 Å². The quantitative estimate of drug-likeness (QED) is 0.723. The summed E-state index contributed by atoms with van der Waals surface area (Å²) in [7, 11) is 6.10. The van der Waals surface area contributed by atoms with Gasteiger partial charge in [-0.05, 0) is 53.4 Å². The summed E-state index contributed by atoms with van der Waals surface area (Å²) in [5, 5.41) is 2.97. The average Bonchev–Trinajstić information content (AvgIpc) is 3.05. The van der Waals surface area contributed by atoms with Crippen LogP contribution in [-0.4, -0.2) is 96.5 Å². The fourth-order valence-electron chi connectivity index (χ4n) is 3.72. The molecule has 3 rings (SSSR count). The van der Waals surface area contributed by atoms with Gasteiger partial charge in [0.25, 0.3) is 11.8 Å². The number of nitrogens with zero attached hydrogens (tertiary/aromatic N) is 5. The van der Waals surface area contributed by atoms with Crippen LogP contribution in [0.2, 0.25) is 0 Å². The minimum absolute atomic E-state index is 0.0436. The van der Waals surface area contributed by atoms with Crippen molar-refractivity contribution in [3.63, 3.8) is 0 Å². The number of rotatable bonds is 6. The zero-order valence-electron chi connectivity index (χ0n) is 16.8.